The quantitative estimate of drug-likeness (QED) is 0.283. The summed E-state index contributed by atoms with van der Waals surface area (Å²) in [5, 5.41) is 9.05. The Morgan fingerprint density at radius 2 is 1.80 bits per heavy atom. The van der Waals surface area contributed by atoms with Gasteiger partial charge in [0.15, 0.2) is 0 Å². The molecule has 0 saturated carbocycles. The zero-order chi connectivity index (χ0) is 29.7. The summed E-state index contributed by atoms with van der Waals surface area (Å²) in [5.74, 6) is -0.421. The molecule has 3 rings (SSSR count). The van der Waals surface area contributed by atoms with E-state index in [-0.39, 0.29) is 47.4 Å². The molecule has 3 N–H and O–H groups in total. The zero-order valence-corrected chi connectivity index (χ0v) is 25.8. The third-order valence-corrected chi connectivity index (χ3v) is 7.08. The summed E-state index contributed by atoms with van der Waals surface area (Å²) in [6.07, 6.45) is 2.15. The van der Waals surface area contributed by atoms with E-state index in [1.165, 1.54) is 0 Å². The van der Waals surface area contributed by atoms with Crippen molar-refractivity contribution in [1.29, 1.82) is 0 Å². The number of amides is 2. The van der Waals surface area contributed by atoms with E-state index in [1.807, 2.05) is 79.0 Å². The van der Waals surface area contributed by atoms with E-state index >= 15 is 0 Å². The number of anilines is 1. The number of pyridine rings is 1. The molecule has 0 bridgehead atoms. The highest BCUT2D eigenvalue weighted by molar-refractivity contribution is 9.10. The molecule has 3 aromatic rings. The minimum atomic E-state index is -0.609. The highest BCUT2D eigenvalue weighted by Crippen LogP contribution is 2.25. The molecule has 0 fully saturated rings. The average molecular weight is 616 g/mol. The first-order valence-corrected chi connectivity index (χ1v) is 14.0. The van der Waals surface area contributed by atoms with Crippen LogP contribution in [-0.4, -0.2) is 51.9 Å². The summed E-state index contributed by atoms with van der Waals surface area (Å²) in [6.45, 7) is 10.2. The van der Waals surface area contributed by atoms with Gasteiger partial charge in [0.2, 0.25) is 11.8 Å². The Bertz CT molecular complexity index is 1410. The molecule has 216 valence electrons. The summed E-state index contributed by atoms with van der Waals surface area (Å²) in [6, 6.07) is 11.0. The van der Waals surface area contributed by atoms with Crippen LogP contribution in [0.1, 0.15) is 57.1 Å². The van der Waals surface area contributed by atoms with E-state index in [0.29, 0.717) is 34.4 Å². The molecule has 2 amide bonds. The van der Waals surface area contributed by atoms with Gasteiger partial charge in [-0.2, -0.15) is 0 Å². The number of aromatic nitrogens is 3. The molecule has 11 heteroatoms. The number of ether oxygens (including phenoxy) is 1. The molecule has 2 aromatic heterocycles. The fourth-order valence-corrected chi connectivity index (χ4v) is 4.61. The van der Waals surface area contributed by atoms with Gasteiger partial charge in [-0.15, -0.1) is 0 Å². The lowest BCUT2D eigenvalue weighted by molar-refractivity contribution is -0.118. The molecule has 0 radical (unpaired) electrons. The first-order chi connectivity index (χ1) is 18.8. The number of likely N-dealkylation sites (N-methyl/N-ethyl adjacent to an activating group) is 1. The maximum atomic E-state index is 13.6. The molecule has 0 aliphatic carbocycles. The number of carbonyl (C=O) groups excluding carboxylic acids is 2. The SMILES string of the molecule is CCOc1ncc(Br)cc1C(=O)NCC(C)(C)CC(=O)Nc1c(CC(C)(C)NC)n(C)n(-c2ccccc2)c1=O. The highest BCUT2D eigenvalue weighted by Gasteiger charge is 2.29. The molecule has 0 unspecified atom stereocenters. The molecule has 0 aliphatic rings. The van der Waals surface area contributed by atoms with Crippen LogP contribution in [0.2, 0.25) is 0 Å². The van der Waals surface area contributed by atoms with Crippen LogP contribution in [0.25, 0.3) is 5.69 Å². The van der Waals surface area contributed by atoms with Crippen molar-refractivity contribution >= 4 is 33.4 Å². The maximum absolute atomic E-state index is 13.6. The smallest absolute Gasteiger partial charge is 0.295 e. The van der Waals surface area contributed by atoms with E-state index in [9.17, 15) is 14.4 Å². The van der Waals surface area contributed by atoms with E-state index in [4.69, 9.17) is 4.74 Å². The number of rotatable bonds is 12. The second kappa shape index (κ2) is 12.8. The summed E-state index contributed by atoms with van der Waals surface area (Å²) in [5.41, 5.74) is 0.731. The lowest BCUT2D eigenvalue weighted by Gasteiger charge is -2.26. The van der Waals surface area contributed by atoms with Crippen LogP contribution in [0.15, 0.2) is 51.9 Å². The molecule has 0 spiro atoms. The predicted molar refractivity (Wildman–Crippen MR) is 160 cm³/mol. The molecule has 0 atom stereocenters. The minimum absolute atomic E-state index is 0.0802. The summed E-state index contributed by atoms with van der Waals surface area (Å²) < 4.78 is 9.49. The number of carbonyl (C=O) groups is 2. The molecule has 40 heavy (non-hydrogen) atoms. The number of halogens is 1. The van der Waals surface area contributed by atoms with Gasteiger partial charge < -0.3 is 20.7 Å². The molecule has 0 aliphatic heterocycles. The second-order valence-corrected chi connectivity index (χ2v) is 12.0. The van der Waals surface area contributed by atoms with Crippen LogP contribution in [0, 0.1) is 5.41 Å². The van der Waals surface area contributed by atoms with Crippen LogP contribution in [0.3, 0.4) is 0 Å². The Kier molecular flexibility index (Phi) is 9.96. The van der Waals surface area contributed by atoms with Gasteiger partial charge in [-0.3, -0.25) is 19.1 Å². The number of benzene rings is 1. The van der Waals surface area contributed by atoms with Crippen LogP contribution < -0.4 is 26.2 Å². The minimum Gasteiger partial charge on any atom is -0.477 e. The van der Waals surface area contributed by atoms with Crippen molar-refractivity contribution in [2.45, 2.75) is 53.0 Å². The number of nitrogens with one attached hydrogen (secondary N) is 3. The maximum Gasteiger partial charge on any atom is 0.295 e. The van der Waals surface area contributed by atoms with Crippen molar-refractivity contribution in [2.75, 3.05) is 25.5 Å². The summed E-state index contributed by atoms with van der Waals surface area (Å²) >= 11 is 3.34. The fraction of sp³-hybridized carbons (Fsp3) is 0.448. The van der Waals surface area contributed by atoms with Gasteiger partial charge >= 0.3 is 0 Å². The first-order valence-electron chi connectivity index (χ1n) is 13.2. The van der Waals surface area contributed by atoms with Gasteiger partial charge in [-0.05, 0) is 67.4 Å². The number of hydrogen-bond donors (Lipinski definition) is 3. The third-order valence-electron chi connectivity index (χ3n) is 6.65. The van der Waals surface area contributed by atoms with E-state index in [2.05, 4.69) is 36.9 Å². The first kappa shape index (κ1) is 31.1. The molecular formula is C29H39BrN6O4. The molecule has 2 heterocycles. The zero-order valence-electron chi connectivity index (χ0n) is 24.2. The topological polar surface area (TPSA) is 119 Å². The van der Waals surface area contributed by atoms with Crippen molar-refractivity contribution < 1.29 is 14.3 Å². The van der Waals surface area contributed by atoms with E-state index in [1.54, 1.807) is 21.6 Å². The van der Waals surface area contributed by atoms with Crippen LogP contribution in [0.5, 0.6) is 5.88 Å². The van der Waals surface area contributed by atoms with Gasteiger partial charge in [0.05, 0.1) is 18.0 Å². The van der Waals surface area contributed by atoms with Gasteiger partial charge in [0, 0.05) is 42.6 Å². The highest BCUT2D eigenvalue weighted by atomic mass is 79.9. The largest absolute Gasteiger partial charge is 0.477 e. The monoisotopic (exact) mass is 614 g/mol. The molecule has 0 saturated heterocycles. The van der Waals surface area contributed by atoms with Crippen molar-refractivity contribution in [3.05, 3.63) is 68.7 Å². The fourth-order valence-electron chi connectivity index (χ4n) is 4.28. The van der Waals surface area contributed by atoms with Crippen LogP contribution in [0.4, 0.5) is 5.69 Å². The van der Waals surface area contributed by atoms with Gasteiger partial charge in [-0.25, -0.2) is 9.67 Å². The summed E-state index contributed by atoms with van der Waals surface area (Å²) in [7, 11) is 3.68. The van der Waals surface area contributed by atoms with E-state index in [0.717, 1.165) is 0 Å². The van der Waals surface area contributed by atoms with Crippen LogP contribution >= 0.6 is 15.9 Å². The van der Waals surface area contributed by atoms with Gasteiger partial charge in [0.1, 0.15) is 11.3 Å². The lowest BCUT2D eigenvalue weighted by atomic mass is 9.88. The van der Waals surface area contributed by atoms with Crippen molar-refractivity contribution in [3.63, 3.8) is 0 Å². The molecule has 1 aromatic carbocycles. The van der Waals surface area contributed by atoms with Crippen molar-refractivity contribution in [1.82, 2.24) is 25.0 Å². The Labute approximate surface area is 243 Å². The third kappa shape index (κ3) is 7.60. The van der Waals surface area contributed by atoms with Crippen molar-refractivity contribution in [2.24, 2.45) is 12.5 Å². The number of hydrogen-bond acceptors (Lipinski definition) is 6. The Morgan fingerprint density at radius 1 is 1.12 bits per heavy atom. The second-order valence-electron chi connectivity index (χ2n) is 11.1. The Morgan fingerprint density at radius 3 is 2.42 bits per heavy atom. The summed E-state index contributed by atoms with van der Waals surface area (Å²) in [4.78, 5) is 44.0. The van der Waals surface area contributed by atoms with E-state index < -0.39 is 5.41 Å². The van der Waals surface area contributed by atoms with Crippen molar-refractivity contribution in [3.8, 4) is 11.6 Å². The number of nitrogens with zero attached hydrogens (tertiary/aromatic N) is 3. The average Bonchev–Trinajstić information content (AvgIpc) is 3.12. The number of para-hydroxylation sites is 1. The van der Waals surface area contributed by atoms with Crippen LogP contribution in [-0.2, 0) is 18.3 Å². The standard InChI is InChI=1S/C29H39BrN6O4/c1-8-40-26-21(14-19(30)17-32-26)25(38)33-18-28(2,3)16-23(37)34-24-22(15-29(4,5)31-6)35(7)36(27(24)39)20-12-10-9-11-13-20/h9-14,17,31H,8,15-16,18H2,1-7H3,(H,33,38)(H,34,37). The molecular weight excluding hydrogens is 576 g/mol. The normalized spacial score (nSPS) is 11.8. The predicted octanol–water partition coefficient (Wildman–Crippen LogP) is 4.06. The van der Waals surface area contributed by atoms with Gasteiger partial charge in [0.25, 0.3) is 11.5 Å². The van der Waals surface area contributed by atoms with Gasteiger partial charge in [-0.1, -0.05) is 32.0 Å². The Balaban J connectivity index is 1.80. The lowest BCUT2D eigenvalue weighted by Crippen LogP contribution is -2.39. The molecule has 10 nitrogen and oxygen atoms in total. The Hall–Kier alpha value is -3.44.